The normalized spacial score (nSPS) is 19.2. The molecule has 0 unspecified atom stereocenters. The number of anilines is 2. The molecule has 186 valence electrons. The van der Waals surface area contributed by atoms with Crippen LogP contribution in [0.15, 0.2) is 36.7 Å². The number of halogens is 3. The Morgan fingerprint density at radius 3 is 2.51 bits per heavy atom. The number of benzene rings is 1. The molecule has 35 heavy (non-hydrogen) atoms. The van der Waals surface area contributed by atoms with Crippen molar-refractivity contribution in [1.82, 2.24) is 15.0 Å². The molecule has 3 heterocycles. The SMILES string of the molecule is Cc1cc(Nc2nccc(C(F)(F)F)n2)cc(-c2cnc(C3(CN)CCC4(CC3)OCCO4)s2)c1. The minimum Gasteiger partial charge on any atom is -0.348 e. The topological polar surface area (TPSA) is 95.2 Å². The van der Waals surface area contributed by atoms with E-state index in [2.05, 4.69) is 15.3 Å². The first kappa shape index (κ1) is 24.1. The molecule has 0 amide bonds. The maximum absolute atomic E-state index is 13.0. The highest BCUT2D eigenvalue weighted by molar-refractivity contribution is 7.15. The lowest BCUT2D eigenvalue weighted by Gasteiger charge is -2.42. The Kier molecular flexibility index (Phi) is 6.28. The Morgan fingerprint density at radius 1 is 1.09 bits per heavy atom. The van der Waals surface area contributed by atoms with Gasteiger partial charge in [0.05, 0.1) is 18.1 Å². The van der Waals surface area contributed by atoms with Crippen molar-refractivity contribution in [3.05, 3.63) is 52.9 Å². The second kappa shape index (κ2) is 9.12. The van der Waals surface area contributed by atoms with E-state index < -0.39 is 17.7 Å². The Bertz CT molecular complexity index is 1200. The summed E-state index contributed by atoms with van der Waals surface area (Å²) >= 11 is 1.60. The summed E-state index contributed by atoms with van der Waals surface area (Å²) in [6.45, 7) is 3.68. The quantitative estimate of drug-likeness (QED) is 0.493. The maximum Gasteiger partial charge on any atom is 0.433 e. The van der Waals surface area contributed by atoms with Crippen molar-refractivity contribution in [1.29, 1.82) is 0 Å². The molecule has 0 bridgehead atoms. The molecule has 2 fully saturated rings. The molecule has 0 radical (unpaired) electrons. The van der Waals surface area contributed by atoms with E-state index in [-0.39, 0.29) is 11.4 Å². The van der Waals surface area contributed by atoms with Gasteiger partial charge in [0.2, 0.25) is 5.95 Å². The van der Waals surface area contributed by atoms with Gasteiger partial charge in [-0.25, -0.2) is 15.0 Å². The molecular weight excluding hydrogens is 479 g/mol. The van der Waals surface area contributed by atoms with Crippen molar-refractivity contribution in [2.75, 3.05) is 25.1 Å². The summed E-state index contributed by atoms with van der Waals surface area (Å²) in [6, 6.07) is 6.55. The molecule has 3 N–H and O–H groups in total. The van der Waals surface area contributed by atoms with Gasteiger partial charge < -0.3 is 20.5 Å². The number of hydrogen-bond donors (Lipinski definition) is 2. The van der Waals surface area contributed by atoms with E-state index >= 15 is 0 Å². The highest BCUT2D eigenvalue weighted by Crippen LogP contribution is 2.47. The zero-order chi connectivity index (χ0) is 24.7. The van der Waals surface area contributed by atoms with Crippen molar-refractivity contribution in [2.24, 2.45) is 5.73 Å². The fraction of sp³-hybridized carbons (Fsp3) is 0.458. The first-order chi connectivity index (χ1) is 16.7. The predicted molar refractivity (Wildman–Crippen MR) is 126 cm³/mol. The number of nitrogens with two attached hydrogens (primary N) is 1. The number of nitrogens with zero attached hydrogens (tertiary/aromatic N) is 3. The molecule has 3 aromatic rings. The first-order valence-corrected chi connectivity index (χ1v) is 12.3. The van der Waals surface area contributed by atoms with E-state index in [4.69, 9.17) is 20.2 Å². The second-order valence-electron chi connectivity index (χ2n) is 9.10. The van der Waals surface area contributed by atoms with Crippen LogP contribution in [0, 0.1) is 6.92 Å². The van der Waals surface area contributed by atoms with Crippen molar-refractivity contribution >= 4 is 23.0 Å². The van der Waals surface area contributed by atoms with Crippen LogP contribution in [0.5, 0.6) is 0 Å². The van der Waals surface area contributed by atoms with E-state index in [0.29, 0.717) is 25.4 Å². The number of aromatic nitrogens is 3. The highest BCUT2D eigenvalue weighted by Gasteiger charge is 2.47. The van der Waals surface area contributed by atoms with E-state index in [0.717, 1.165) is 59.0 Å². The zero-order valence-electron chi connectivity index (χ0n) is 19.2. The summed E-state index contributed by atoms with van der Waals surface area (Å²) in [5, 5.41) is 3.88. The van der Waals surface area contributed by atoms with Crippen LogP contribution in [0.2, 0.25) is 0 Å². The molecule has 5 rings (SSSR count). The second-order valence-corrected chi connectivity index (χ2v) is 10.1. The van der Waals surface area contributed by atoms with Crippen LogP contribution in [0.25, 0.3) is 10.4 Å². The third kappa shape index (κ3) is 4.90. The van der Waals surface area contributed by atoms with Crippen LogP contribution in [-0.2, 0) is 21.1 Å². The minimum absolute atomic E-state index is 0.115. The van der Waals surface area contributed by atoms with Crippen molar-refractivity contribution in [3.8, 4) is 10.4 Å². The van der Waals surface area contributed by atoms with Crippen LogP contribution < -0.4 is 11.1 Å². The largest absolute Gasteiger partial charge is 0.433 e. The van der Waals surface area contributed by atoms with E-state index in [9.17, 15) is 13.2 Å². The van der Waals surface area contributed by atoms with E-state index in [1.165, 1.54) is 0 Å². The summed E-state index contributed by atoms with van der Waals surface area (Å²) in [7, 11) is 0. The average molecular weight is 506 g/mol. The minimum atomic E-state index is -4.54. The summed E-state index contributed by atoms with van der Waals surface area (Å²) < 4.78 is 50.8. The molecule has 11 heteroatoms. The summed E-state index contributed by atoms with van der Waals surface area (Å²) in [5.74, 6) is -0.586. The van der Waals surface area contributed by atoms with Crippen molar-refractivity contribution in [2.45, 2.75) is 50.0 Å². The summed E-state index contributed by atoms with van der Waals surface area (Å²) in [4.78, 5) is 13.2. The van der Waals surface area contributed by atoms with Gasteiger partial charge in [0.25, 0.3) is 0 Å². The molecule has 1 spiro atoms. The number of aryl methyl sites for hydroxylation is 1. The Labute approximate surface area is 204 Å². The Hall–Kier alpha value is -2.60. The molecule has 2 aromatic heterocycles. The number of rotatable bonds is 5. The van der Waals surface area contributed by atoms with Crippen LogP contribution >= 0.6 is 11.3 Å². The Morgan fingerprint density at radius 2 is 1.83 bits per heavy atom. The number of alkyl halides is 3. The first-order valence-electron chi connectivity index (χ1n) is 11.4. The van der Waals surface area contributed by atoms with Gasteiger partial charge in [0.1, 0.15) is 10.7 Å². The van der Waals surface area contributed by atoms with E-state index in [1.54, 1.807) is 11.3 Å². The van der Waals surface area contributed by atoms with Crippen LogP contribution in [0.3, 0.4) is 0 Å². The maximum atomic E-state index is 13.0. The third-order valence-corrected chi connectivity index (χ3v) is 7.99. The van der Waals surface area contributed by atoms with Gasteiger partial charge in [0, 0.05) is 42.9 Å². The number of thiazole rings is 1. The van der Waals surface area contributed by atoms with Gasteiger partial charge in [-0.2, -0.15) is 13.2 Å². The predicted octanol–water partition coefficient (Wildman–Crippen LogP) is 5.18. The van der Waals surface area contributed by atoms with Gasteiger partial charge >= 0.3 is 6.18 Å². The molecule has 1 saturated heterocycles. The number of ether oxygens (including phenoxy) is 2. The van der Waals surface area contributed by atoms with E-state index in [1.807, 2.05) is 31.3 Å². The molecular formula is C24H26F3N5O2S. The number of nitrogens with one attached hydrogen (secondary N) is 1. The monoisotopic (exact) mass is 505 g/mol. The van der Waals surface area contributed by atoms with Crippen LogP contribution in [0.1, 0.15) is 41.9 Å². The highest BCUT2D eigenvalue weighted by atomic mass is 32.1. The van der Waals surface area contributed by atoms with Crippen LogP contribution in [0.4, 0.5) is 24.8 Å². The van der Waals surface area contributed by atoms with Crippen molar-refractivity contribution < 1.29 is 22.6 Å². The molecule has 1 aliphatic heterocycles. The molecule has 1 aromatic carbocycles. The standard InChI is InChI=1S/C24H26F3N5O2S/c1-15-10-16(12-17(11-15)31-21-29-7-2-19(32-21)24(25,26)27)18-13-30-20(35-18)22(14-28)3-5-23(6-4-22)33-8-9-34-23/h2,7,10-13H,3-6,8-9,14,28H2,1H3,(H,29,31,32). The molecule has 1 aliphatic carbocycles. The molecule has 7 nitrogen and oxygen atoms in total. The van der Waals surface area contributed by atoms with Gasteiger partial charge in [-0.1, -0.05) is 6.07 Å². The summed E-state index contributed by atoms with van der Waals surface area (Å²) in [6.07, 6.45) is 1.64. The number of hydrogen-bond acceptors (Lipinski definition) is 8. The van der Waals surface area contributed by atoms with Gasteiger partial charge in [0.15, 0.2) is 5.79 Å². The fourth-order valence-electron chi connectivity index (χ4n) is 4.76. The van der Waals surface area contributed by atoms with Gasteiger partial charge in [-0.15, -0.1) is 11.3 Å². The van der Waals surface area contributed by atoms with Crippen LogP contribution in [-0.4, -0.2) is 40.5 Å². The molecule has 2 aliphatic rings. The zero-order valence-corrected chi connectivity index (χ0v) is 20.0. The van der Waals surface area contributed by atoms with Gasteiger partial charge in [-0.05, 0) is 49.1 Å². The van der Waals surface area contributed by atoms with Gasteiger partial charge in [-0.3, -0.25) is 0 Å². The lowest BCUT2D eigenvalue weighted by Crippen LogP contribution is -2.45. The van der Waals surface area contributed by atoms with Crippen molar-refractivity contribution in [3.63, 3.8) is 0 Å². The average Bonchev–Trinajstić information content (AvgIpc) is 3.50. The lowest BCUT2D eigenvalue weighted by atomic mass is 9.72. The summed E-state index contributed by atoms with van der Waals surface area (Å²) in [5.41, 5.74) is 7.49. The third-order valence-electron chi connectivity index (χ3n) is 6.70. The lowest BCUT2D eigenvalue weighted by molar-refractivity contribution is -0.184. The fourth-order valence-corrected chi connectivity index (χ4v) is 5.92. The smallest absolute Gasteiger partial charge is 0.348 e. The Balaban J connectivity index is 1.38. The molecule has 1 saturated carbocycles. The molecule has 0 atom stereocenters.